The zero-order chi connectivity index (χ0) is 24.4. The van der Waals surface area contributed by atoms with Crippen LogP contribution in [0.3, 0.4) is 0 Å². The predicted octanol–water partition coefficient (Wildman–Crippen LogP) is 6.14. The van der Waals surface area contributed by atoms with Crippen molar-refractivity contribution in [3.8, 4) is 22.8 Å². The van der Waals surface area contributed by atoms with Crippen LogP contribution < -0.4 is 5.32 Å². The summed E-state index contributed by atoms with van der Waals surface area (Å²) in [5.41, 5.74) is 4.44. The van der Waals surface area contributed by atoms with Crippen LogP contribution in [0.25, 0.3) is 27.8 Å². The van der Waals surface area contributed by atoms with Crippen molar-refractivity contribution in [2.45, 2.75) is 19.0 Å². The van der Waals surface area contributed by atoms with Crippen molar-refractivity contribution in [3.05, 3.63) is 96.1 Å². The van der Waals surface area contributed by atoms with Crippen LogP contribution in [0.4, 0.5) is 5.69 Å². The van der Waals surface area contributed by atoms with Gasteiger partial charge in [-0.1, -0.05) is 78.0 Å². The lowest BCUT2D eigenvalue weighted by atomic mass is 10.1. The molecule has 0 spiro atoms. The van der Waals surface area contributed by atoms with Gasteiger partial charge in [0.15, 0.2) is 11.0 Å². The van der Waals surface area contributed by atoms with Gasteiger partial charge in [0, 0.05) is 11.1 Å². The first-order chi connectivity index (χ1) is 17.0. The van der Waals surface area contributed by atoms with E-state index < -0.39 is 0 Å². The van der Waals surface area contributed by atoms with Crippen LogP contribution >= 0.6 is 11.8 Å². The number of fused-ring (bicyclic) bond motifs is 1. The normalized spacial score (nSPS) is 11.0. The summed E-state index contributed by atoms with van der Waals surface area (Å²) >= 11 is 1.30. The molecule has 7 heteroatoms. The highest BCUT2D eigenvalue weighted by atomic mass is 32.2. The number of carbonyl (C=O) groups excluding carboxylic acids is 1. The minimum Gasteiger partial charge on any atom is -0.507 e. The Hall–Kier alpha value is -4.10. The van der Waals surface area contributed by atoms with Crippen LogP contribution in [-0.4, -0.2) is 31.5 Å². The molecule has 0 fully saturated rings. The second kappa shape index (κ2) is 9.64. The Morgan fingerprint density at radius 2 is 1.71 bits per heavy atom. The molecule has 5 rings (SSSR count). The van der Waals surface area contributed by atoms with E-state index in [0.717, 1.165) is 33.3 Å². The van der Waals surface area contributed by atoms with Gasteiger partial charge >= 0.3 is 0 Å². The average Bonchev–Trinajstić information content (AvgIpc) is 3.27. The summed E-state index contributed by atoms with van der Waals surface area (Å²) < 4.78 is 1.90. The number of phenolic OH excluding ortho intramolecular Hbond substituents is 1. The van der Waals surface area contributed by atoms with E-state index in [4.69, 9.17) is 0 Å². The van der Waals surface area contributed by atoms with Crippen molar-refractivity contribution in [2.75, 3.05) is 11.1 Å². The van der Waals surface area contributed by atoms with Gasteiger partial charge in [-0.05, 0) is 49.1 Å². The van der Waals surface area contributed by atoms with E-state index in [1.807, 2.05) is 79.1 Å². The summed E-state index contributed by atoms with van der Waals surface area (Å²) in [5, 5.41) is 24.9. The molecule has 0 aliphatic carbocycles. The fourth-order valence-corrected chi connectivity index (χ4v) is 4.87. The standard InChI is InChI=1S/C28H24N4O2S/c1-18-14-15-24(19(2)16-18)32-27(22-11-5-6-13-25(22)33)30-31-28(32)35-17-26(34)29-23-12-7-9-20-8-3-4-10-21(20)23/h3-16,33H,17H2,1-2H3,(H,29,34). The molecule has 0 saturated heterocycles. The summed E-state index contributed by atoms with van der Waals surface area (Å²) in [5.74, 6) is 0.668. The van der Waals surface area contributed by atoms with Crippen molar-refractivity contribution in [1.82, 2.24) is 14.8 Å². The number of anilines is 1. The Morgan fingerprint density at radius 3 is 2.54 bits per heavy atom. The van der Waals surface area contributed by atoms with Crippen molar-refractivity contribution in [3.63, 3.8) is 0 Å². The van der Waals surface area contributed by atoms with E-state index in [-0.39, 0.29) is 17.4 Å². The van der Waals surface area contributed by atoms with Crippen LogP contribution in [0.5, 0.6) is 5.75 Å². The molecule has 174 valence electrons. The predicted molar refractivity (Wildman–Crippen MR) is 141 cm³/mol. The lowest BCUT2D eigenvalue weighted by molar-refractivity contribution is -0.113. The number of nitrogens with one attached hydrogen (secondary N) is 1. The van der Waals surface area contributed by atoms with E-state index in [1.165, 1.54) is 11.8 Å². The molecule has 35 heavy (non-hydrogen) atoms. The zero-order valence-corrected chi connectivity index (χ0v) is 20.2. The van der Waals surface area contributed by atoms with E-state index in [1.54, 1.807) is 18.2 Å². The fourth-order valence-electron chi connectivity index (χ4n) is 4.12. The van der Waals surface area contributed by atoms with E-state index in [0.29, 0.717) is 16.5 Å². The first kappa shape index (κ1) is 22.7. The van der Waals surface area contributed by atoms with Gasteiger partial charge in [-0.3, -0.25) is 9.36 Å². The maximum absolute atomic E-state index is 12.9. The van der Waals surface area contributed by atoms with Crippen molar-refractivity contribution in [1.29, 1.82) is 0 Å². The highest BCUT2D eigenvalue weighted by Gasteiger charge is 2.20. The molecular weight excluding hydrogens is 456 g/mol. The highest BCUT2D eigenvalue weighted by molar-refractivity contribution is 7.99. The Balaban J connectivity index is 1.46. The molecule has 1 aromatic heterocycles. The number of nitrogens with zero attached hydrogens (tertiary/aromatic N) is 3. The van der Waals surface area contributed by atoms with Crippen LogP contribution in [0.1, 0.15) is 11.1 Å². The molecule has 1 heterocycles. The van der Waals surface area contributed by atoms with Crippen LogP contribution in [0.15, 0.2) is 90.1 Å². The van der Waals surface area contributed by atoms with Gasteiger partial charge in [-0.25, -0.2) is 0 Å². The third-order valence-electron chi connectivity index (χ3n) is 5.77. The summed E-state index contributed by atoms with van der Waals surface area (Å²) in [6.07, 6.45) is 0. The van der Waals surface area contributed by atoms with E-state index in [2.05, 4.69) is 21.6 Å². The smallest absolute Gasteiger partial charge is 0.234 e. The van der Waals surface area contributed by atoms with Crippen molar-refractivity contribution < 1.29 is 9.90 Å². The summed E-state index contributed by atoms with van der Waals surface area (Å²) in [7, 11) is 0. The number of amides is 1. The van der Waals surface area contributed by atoms with Gasteiger partial charge in [-0.2, -0.15) is 0 Å². The number of hydrogen-bond donors (Lipinski definition) is 2. The van der Waals surface area contributed by atoms with Crippen LogP contribution in [0, 0.1) is 13.8 Å². The zero-order valence-electron chi connectivity index (χ0n) is 19.4. The van der Waals surface area contributed by atoms with Crippen LogP contribution in [-0.2, 0) is 4.79 Å². The number of aromatic hydroxyl groups is 1. The van der Waals surface area contributed by atoms with Crippen LogP contribution in [0.2, 0.25) is 0 Å². The van der Waals surface area contributed by atoms with Crippen molar-refractivity contribution in [2.24, 2.45) is 0 Å². The molecule has 0 bridgehead atoms. The SMILES string of the molecule is Cc1ccc(-n2c(SCC(=O)Nc3cccc4ccccc34)nnc2-c2ccccc2O)c(C)c1. The Labute approximate surface area is 207 Å². The van der Waals surface area contributed by atoms with Gasteiger partial charge in [0.25, 0.3) is 0 Å². The highest BCUT2D eigenvalue weighted by Crippen LogP contribution is 2.34. The molecule has 0 aliphatic rings. The Morgan fingerprint density at radius 1 is 0.943 bits per heavy atom. The number of thioether (sulfide) groups is 1. The minimum absolute atomic E-state index is 0.121. The number of benzene rings is 4. The average molecular weight is 481 g/mol. The van der Waals surface area contributed by atoms with Crippen molar-refractivity contribution >= 4 is 34.1 Å². The summed E-state index contributed by atoms with van der Waals surface area (Å²) in [6, 6.07) is 27.0. The molecule has 0 aliphatic heterocycles. The maximum atomic E-state index is 12.9. The van der Waals surface area contributed by atoms with Gasteiger partial charge in [0.2, 0.25) is 5.91 Å². The molecular formula is C28H24N4O2S. The number of carbonyl (C=O) groups is 1. The molecule has 2 N–H and O–H groups in total. The number of aromatic nitrogens is 3. The van der Waals surface area contributed by atoms with Gasteiger partial charge in [0.05, 0.1) is 17.0 Å². The third-order valence-corrected chi connectivity index (χ3v) is 6.70. The molecule has 5 aromatic rings. The number of aryl methyl sites for hydroxylation is 2. The second-order valence-corrected chi connectivity index (χ2v) is 9.25. The largest absolute Gasteiger partial charge is 0.507 e. The van der Waals surface area contributed by atoms with E-state index >= 15 is 0 Å². The van der Waals surface area contributed by atoms with Gasteiger partial charge < -0.3 is 10.4 Å². The molecule has 4 aromatic carbocycles. The third kappa shape index (κ3) is 4.63. The molecule has 0 atom stereocenters. The number of rotatable bonds is 6. The fraction of sp³-hybridized carbons (Fsp3) is 0.107. The molecule has 0 saturated carbocycles. The summed E-state index contributed by atoms with van der Waals surface area (Å²) in [4.78, 5) is 12.9. The molecule has 6 nitrogen and oxygen atoms in total. The minimum atomic E-state index is -0.134. The topological polar surface area (TPSA) is 80.0 Å². The molecule has 1 amide bonds. The number of phenols is 1. The number of hydrogen-bond acceptors (Lipinski definition) is 5. The maximum Gasteiger partial charge on any atom is 0.234 e. The molecule has 0 radical (unpaired) electrons. The van der Waals surface area contributed by atoms with E-state index in [9.17, 15) is 9.90 Å². The lowest BCUT2D eigenvalue weighted by Gasteiger charge is -2.14. The Bertz CT molecular complexity index is 1540. The first-order valence-electron chi connectivity index (χ1n) is 11.2. The van der Waals surface area contributed by atoms with Gasteiger partial charge in [0.1, 0.15) is 5.75 Å². The monoisotopic (exact) mass is 480 g/mol. The number of para-hydroxylation sites is 1. The molecule has 0 unspecified atom stereocenters. The first-order valence-corrected chi connectivity index (χ1v) is 12.2. The summed E-state index contributed by atoms with van der Waals surface area (Å²) in [6.45, 7) is 4.07. The van der Waals surface area contributed by atoms with Gasteiger partial charge in [-0.15, -0.1) is 10.2 Å². The quantitative estimate of drug-likeness (QED) is 0.285. The Kier molecular flexibility index (Phi) is 6.25. The lowest BCUT2D eigenvalue weighted by Crippen LogP contribution is -2.15. The second-order valence-electron chi connectivity index (χ2n) is 8.31.